The Kier molecular flexibility index (Phi) is 2.57. The quantitative estimate of drug-likeness (QED) is 0.781. The highest BCUT2D eigenvalue weighted by molar-refractivity contribution is 7.91. The summed E-state index contributed by atoms with van der Waals surface area (Å²) < 4.78 is 24.1. The molecule has 0 saturated heterocycles. The van der Waals surface area contributed by atoms with Crippen molar-refractivity contribution in [2.75, 3.05) is 5.73 Å². The molecule has 0 aliphatic carbocycles. The smallest absolute Gasteiger partial charge is 0.224 e. The summed E-state index contributed by atoms with van der Waals surface area (Å²) in [6.45, 7) is 0. The lowest BCUT2D eigenvalue weighted by Gasteiger charge is -2.03. The average molecular weight is 235 g/mol. The maximum absolute atomic E-state index is 12.0. The second kappa shape index (κ2) is 3.90. The van der Waals surface area contributed by atoms with Crippen molar-refractivity contribution in [1.82, 2.24) is 9.97 Å². The third-order valence-electron chi connectivity index (χ3n) is 1.98. The SMILES string of the molecule is Nc1nccc(S(=O)(=O)c2ccccc2)n1. The van der Waals surface area contributed by atoms with Gasteiger partial charge >= 0.3 is 0 Å². The molecule has 0 radical (unpaired) electrons. The molecule has 2 aromatic rings. The van der Waals surface area contributed by atoms with E-state index < -0.39 is 9.84 Å². The first kappa shape index (κ1) is 10.6. The number of rotatable bonds is 2. The lowest BCUT2D eigenvalue weighted by Crippen LogP contribution is -2.06. The maximum Gasteiger partial charge on any atom is 0.224 e. The summed E-state index contributed by atoms with van der Waals surface area (Å²) in [5.74, 6) is -0.0583. The topological polar surface area (TPSA) is 85.9 Å². The fourth-order valence-corrected chi connectivity index (χ4v) is 2.44. The number of sulfone groups is 1. The van der Waals surface area contributed by atoms with E-state index in [-0.39, 0.29) is 15.9 Å². The number of nitrogen functional groups attached to an aromatic ring is 1. The Morgan fingerprint density at radius 2 is 1.75 bits per heavy atom. The Morgan fingerprint density at radius 3 is 2.38 bits per heavy atom. The van der Waals surface area contributed by atoms with Gasteiger partial charge in [-0.3, -0.25) is 0 Å². The predicted octanol–water partition coefficient (Wildman–Crippen LogP) is 0.892. The average Bonchev–Trinajstić information content (AvgIpc) is 2.30. The molecule has 1 aromatic carbocycles. The molecule has 0 saturated carbocycles. The number of anilines is 1. The van der Waals surface area contributed by atoms with E-state index in [2.05, 4.69) is 9.97 Å². The summed E-state index contributed by atoms with van der Waals surface area (Å²) in [7, 11) is -3.59. The molecule has 0 spiro atoms. The third kappa shape index (κ3) is 1.87. The largest absolute Gasteiger partial charge is 0.368 e. The molecule has 5 nitrogen and oxygen atoms in total. The van der Waals surface area contributed by atoms with Crippen molar-refractivity contribution in [1.29, 1.82) is 0 Å². The monoisotopic (exact) mass is 235 g/mol. The zero-order valence-corrected chi connectivity index (χ0v) is 9.05. The highest BCUT2D eigenvalue weighted by Crippen LogP contribution is 2.18. The first-order chi connectivity index (χ1) is 7.60. The van der Waals surface area contributed by atoms with Gasteiger partial charge in [0.1, 0.15) is 0 Å². The van der Waals surface area contributed by atoms with Gasteiger partial charge < -0.3 is 5.73 Å². The maximum atomic E-state index is 12.0. The standard InChI is InChI=1S/C10H9N3O2S/c11-10-12-7-6-9(13-10)16(14,15)8-4-2-1-3-5-8/h1-7H,(H2,11,12,13). The van der Waals surface area contributed by atoms with E-state index in [1.165, 1.54) is 24.4 Å². The number of benzene rings is 1. The molecule has 0 atom stereocenters. The molecular weight excluding hydrogens is 226 g/mol. The van der Waals surface area contributed by atoms with Gasteiger partial charge in [-0.15, -0.1) is 0 Å². The van der Waals surface area contributed by atoms with E-state index in [4.69, 9.17) is 5.73 Å². The van der Waals surface area contributed by atoms with Crippen LogP contribution in [0.4, 0.5) is 5.95 Å². The number of hydrogen-bond donors (Lipinski definition) is 1. The van der Waals surface area contributed by atoms with Crippen LogP contribution < -0.4 is 5.73 Å². The van der Waals surface area contributed by atoms with Gasteiger partial charge in [0, 0.05) is 6.20 Å². The molecule has 1 heterocycles. The molecule has 2 N–H and O–H groups in total. The van der Waals surface area contributed by atoms with Crippen LogP contribution in [0.2, 0.25) is 0 Å². The first-order valence-electron chi connectivity index (χ1n) is 4.49. The highest BCUT2D eigenvalue weighted by atomic mass is 32.2. The van der Waals surface area contributed by atoms with Gasteiger partial charge in [-0.1, -0.05) is 18.2 Å². The van der Waals surface area contributed by atoms with Crippen LogP contribution in [0.1, 0.15) is 0 Å². The van der Waals surface area contributed by atoms with Gasteiger partial charge in [-0.25, -0.2) is 18.4 Å². The lowest BCUT2D eigenvalue weighted by atomic mass is 10.4. The predicted molar refractivity (Wildman–Crippen MR) is 58.3 cm³/mol. The number of aromatic nitrogens is 2. The van der Waals surface area contributed by atoms with Crippen LogP contribution in [0.3, 0.4) is 0 Å². The molecule has 0 aliphatic rings. The summed E-state index contributed by atoms with van der Waals surface area (Å²) in [6.07, 6.45) is 1.32. The van der Waals surface area contributed by atoms with E-state index in [0.717, 1.165) is 0 Å². The molecular formula is C10H9N3O2S. The van der Waals surface area contributed by atoms with Crippen LogP contribution in [0.25, 0.3) is 0 Å². The highest BCUT2D eigenvalue weighted by Gasteiger charge is 2.18. The van der Waals surface area contributed by atoms with E-state index in [1.807, 2.05) is 0 Å². The minimum absolute atomic E-state index is 0.0583. The van der Waals surface area contributed by atoms with Crippen LogP contribution in [-0.4, -0.2) is 18.4 Å². The van der Waals surface area contributed by atoms with Gasteiger partial charge in [-0.2, -0.15) is 0 Å². The number of nitrogens with two attached hydrogens (primary N) is 1. The summed E-state index contributed by atoms with van der Waals surface area (Å²) in [5.41, 5.74) is 5.35. The van der Waals surface area contributed by atoms with Gasteiger partial charge in [0.2, 0.25) is 15.8 Å². The fraction of sp³-hybridized carbons (Fsp3) is 0. The summed E-state index contributed by atoms with van der Waals surface area (Å²) >= 11 is 0. The Hall–Kier alpha value is -1.95. The molecule has 0 bridgehead atoms. The number of hydrogen-bond acceptors (Lipinski definition) is 5. The normalized spacial score (nSPS) is 11.2. The van der Waals surface area contributed by atoms with E-state index in [9.17, 15) is 8.42 Å². The van der Waals surface area contributed by atoms with Gasteiger partial charge in [-0.05, 0) is 18.2 Å². The second-order valence-electron chi connectivity index (χ2n) is 3.07. The van der Waals surface area contributed by atoms with E-state index >= 15 is 0 Å². The molecule has 0 unspecified atom stereocenters. The summed E-state index contributed by atoms with van der Waals surface area (Å²) in [4.78, 5) is 7.54. The van der Waals surface area contributed by atoms with E-state index in [1.54, 1.807) is 18.2 Å². The van der Waals surface area contributed by atoms with Gasteiger partial charge in [0.15, 0.2) is 5.03 Å². The van der Waals surface area contributed by atoms with Crippen molar-refractivity contribution in [3.8, 4) is 0 Å². The van der Waals surface area contributed by atoms with Crippen LogP contribution in [0, 0.1) is 0 Å². The molecule has 1 aromatic heterocycles. The molecule has 0 aliphatic heterocycles. The summed E-state index contributed by atoms with van der Waals surface area (Å²) in [5, 5.41) is -0.0915. The van der Waals surface area contributed by atoms with Gasteiger partial charge in [0.25, 0.3) is 0 Å². The molecule has 0 fully saturated rings. The minimum atomic E-state index is -3.59. The van der Waals surface area contributed by atoms with Gasteiger partial charge in [0.05, 0.1) is 4.90 Å². The first-order valence-corrected chi connectivity index (χ1v) is 5.98. The fourth-order valence-electron chi connectivity index (χ4n) is 1.23. The van der Waals surface area contributed by atoms with Crippen molar-refractivity contribution in [3.05, 3.63) is 42.6 Å². The number of nitrogens with zero attached hydrogens (tertiary/aromatic N) is 2. The summed E-state index contributed by atoms with van der Waals surface area (Å²) in [6, 6.07) is 9.38. The van der Waals surface area contributed by atoms with Crippen molar-refractivity contribution < 1.29 is 8.42 Å². The molecule has 6 heteroatoms. The van der Waals surface area contributed by atoms with Crippen LogP contribution >= 0.6 is 0 Å². The second-order valence-corrected chi connectivity index (χ2v) is 4.97. The Bertz CT molecular complexity index is 596. The Morgan fingerprint density at radius 1 is 1.06 bits per heavy atom. The van der Waals surface area contributed by atoms with Crippen LogP contribution in [-0.2, 0) is 9.84 Å². The van der Waals surface area contributed by atoms with Crippen LogP contribution in [0.5, 0.6) is 0 Å². The Labute approximate surface area is 92.9 Å². The molecule has 82 valence electrons. The molecule has 2 rings (SSSR count). The van der Waals surface area contributed by atoms with E-state index in [0.29, 0.717) is 0 Å². The third-order valence-corrected chi connectivity index (χ3v) is 3.65. The minimum Gasteiger partial charge on any atom is -0.368 e. The van der Waals surface area contributed by atoms with Crippen molar-refractivity contribution in [2.24, 2.45) is 0 Å². The molecule has 0 amide bonds. The van der Waals surface area contributed by atoms with Crippen molar-refractivity contribution in [3.63, 3.8) is 0 Å². The lowest BCUT2D eigenvalue weighted by molar-refractivity contribution is 0.592. The zero-order chi connectivity index (χ0) is 11.6. The van der Waals surface area contributed by atoms with Crippen molar-refractivity contribution >= 4 is 15.8 Å². The zero-order valence-electron chi connectivity index (χ0n) is 8.24. The Balaban J connectivity index is 2.56. The van der Waals surface area contributed by atoms with Crippen molar-refractivity contribution in [2.45, 2.75) is 9.92 Å². The van der Waals surface area contributed by atoms with Crippen LogP contribution in [0.15, 0.2) is 52.5 Å². The molecule has 16 heavy (non-hydrogen) atoms.